The van der Waals surface area contributed by atoms with Crippen molar-refractivity contribution in [1.29, 1.82) is 5.26 Å². The Balaban J connectivity index is 1.38. The number of benzene rings is 4. The van der Waals surface area contributed by atoms with Crippen LogP contribution in [0.3, 0.4) is 0 Å². The summed E-state index contributed by atoms with van der Waals surface area (Å²) in [6.07, 6.45) is 1.57. The first-order valence-electron chi connectivity index (χ1n) is 12.3. The van der Waals surface area contributed by atoms with Gasteiger partial charge in [-0.15, -0.1) is 4.83 Å². The van der Waals surface area contributed by atoms with E-state index in [1.807, 2.05) is 49.4 Å². The molecule has 0 saturated carbocycles. The number of fused-ring (bicyclic) bond motifs is 2. The van der Waals surface area contributed by atoms with Gasteiger partial charge in [-0.3, -0.25) is 14.8 Å². The summed E-state index contributed by atoms with van der Waals surface area (Å²) in [4.78, 5) is 20.1. The molecule has 0 unspecified atom stereocenters. The van der Waals surface area contributed by atoms with Gasteiger partial charge in [-0.25, -0.2) is 8.42 Å². The largest absolute Gasteiger partial charge is 0.348 e. The van der Waals surface area contributed by atoms with Gasteiger partial charge in [0.25, 0.3) is 15.9 Å². The van der Waals surface area contributed by atoms with Crippen molar-refractivity contribution in [2.24, 2.45) is 0 Å². The summed E-state index contributed by atoms with van der Waals surface area (Å²) in [6, 6.07) is 28.6. The molecule has 0 aliphatic carbocycles. The van der Waals surface area contributed by atoms with Crippen molar-refractivity contribution in [3.8, 4) is 6.07 Å². The summed E-state index contributed by atoms with van der Waals surface area (Å²) in [5, 5.41) is 15.7. The minimum Gasteiger partial charge on any atom is -0.348 e. The molecule has 0 saturated heterocycles. The van der Waals surface area contributed by atoms with E-state index >= 15 is 0 Å². The number of aromatic nitrogens is 1. The number of para-hydroxylation sites is 1. The average molecular weight is 536 g/mol. The average Bonchev–Trinajstić information content (AvgIpc) is 2.98. The van der Waals surface area contributed by atoms with E-state index in [1.165, 1.54) is 6.07 Å². The van der Waals surface area contributed by atoms with Crippen LogP contribution in [-0.2, 0) is 16.6 Å². The molecule has 1 aromatic heterocycles. The number of sulfonamides is 1. The number of nitrogens with one attached hydrogen (secondary N) is 2. The van der Waals surface area contributed by atoms with Gasteiger partial charge in [-0.05, 0) is 65.7 Å². The SMILES string of the molecule is CCN(NS(=O)(=O)c1cccc2cccnc12)c1ccc2c(C(=O)NCc3ccc(C#N)cc3)cccc2c1. The van der Waals surface area contributed by atoms with Gasteiger partial charge in [0.1, 0.15) is 4.90 Å². The van der Waals surface area contributed by atoms with Crippen LogP contribution in [0, 0.1) is 11.3 Å². The zero-order valence-electron chi connectivity index (χ0n) is 21.1. The number of amides is 1. The van der Waals surface area contributed by atoms with Gasteiger partial charge in [0.15, 0.2) is 0 Å². The van der Waals surface area contributed by atoms with Gasteiger partial charge in [0.2, 0.25) is 0 Å². The molecule has 1 amide bonds. The second-order valence-corrected chi connectivity index (χ2v) is 10.5. The van der Waals surface area contributed by atoms with Crippen LogP contribution in [0.2, 0.25) is 0 Å². The molecular weight excluding hydrogens is 510 g/mol. The lowest BCUT2D eigenvalue weighted by Gasteiger charge is -2.24. The number of hydrogen-bond acceptors (Lipinski definition) is 6. The molecule has 5 aromatic rings. The second kappa shape index (κ2) is 10.9. The van der Waals surface area contributed by atoms with Crippen LogP contribution in [0.1, 0.15) is 28.4 Å². The van der Waals surface area contributed by atoms with Crippen LogP contribution in [0.25, 0.3) is 21.7 Å². The first-order valence-corrected chi connectivity index (χ1v) is 13.8. The molecule has 39 heavy (non-hydrogen) atoms. The van der Waals surface area contributed by atoms with Crippen LogP contribution in [0.4, 0.5) is 5.69 Å². The van der Waals surface area contributed by atoms with Crippen LogP contribution >= 0.6 is 0 Å². The minimum atomic E-state index is -3.93. The first-order chi connectivity index (χ1) is 18.9. The van der Waals surface area contributed by atoms with Crippen molar-refractivity contribution < 1.29 is 13.2 Å². The zero-order chi connectivity index (χ0) is 27.4. The summed E-state index contributed by atoms with van der Waals surface area (Å²) in [7, 11) is -3.93. The maximum atomic E-state index is 13.4. The van der Waals surface area contributed by atoms with E-state index in [1.54, 1.807) is 53.7 Å². The van der Waals surface area contributed by atoms with Crippen molar-refractivity contribution in [2.75, 3.05) is 11.6 Å². The Bertz CT molecular complexity index is 1820. The second-order valence-electron chi connectivity index (χ2n) is 8.87. The number of anilines is 1. The van der Waals surface area contributed by atoms with Gasteiger partial charge in [-0.2, -0.15) is 5.26 Å². The highest BCUT2D eigenvalue weighted by Crippen LogP contribution is 2.26. The van der Waals surface area contributed by atoms with Gasteiger partial charge in [0, 0.05) is 30.2 Å². The predicted octanol–water partition coefficient (Wildman–Crippen LogP) is 4.91. The highest BCUT2D eigenvalue weighted by atomic mass is 32.2. The standard InChI is InChI=1S/C30H25N5O3S/c1-2-35(34-39(37,38)28-10-4-6-23-8-5-17-32-29(23)28)25-15-16-26-24(18-25)7-3-9-27(26)30(36)33-20-22-13-11-21(19-31)12-14-22/h3-18,34H,2,20H2,1H3,(H,33,36). The number of nitrogens with zero attached hydrogens (tertiary/aromatic N) is 3. The number of hydrazine groups is 1. The lowest BCUT2D eigenvalue weighted by Crippen LogP contribution is -2.42. The Morgan fingerprint density at radius 1 is 0.949 bits per heavy atom. The molecule has 0 aliphatic rings. The molecule has 0 bridgehead atoms. The summed E-state index contributed by atoms with van der Waals surface area (Å²) >= 11 is 0. The molecular formula is C30H25N5O3S. The van der Waals surface area contributed by atoms with Gasteiger partial charge in [-0.1, -0.05) is 48.5 Å². The van der Waals surface area contributed by atoms with E-state index in [4.69, 9.17) is 5.26 Å². The van der Waals surface area contributed by atoms with E-state index < -0.39 is 10.0 Å². The molecule has 0 aliphatic heterocycles. The van der Waals surface area contributed by atoms with E-state index in [2.05, 4.69) is 21.2 Å². The molecule has 0 fully saturated rings. The monoisotopic (exact) mass is 535 g/mol. The number of carbonyl (C=O) groups is 1. The lowest BCUT2D eigenvalue weighted by molar-refractivity contribution is 0.0952. The molecule has 5 rings (SSSR count). The Kier molecular flexibility index (Phi) is 7.23. The summed E-state index contributed by atoms with van der Waals surface area (Å²) in [5.74, 6) is -0.228. The van der Waals surface area contributed by atoms with Gasteiger partial charge < -0.3 is 5.32 Å². The van der Waals surface area contributed by atoms with Crippen LogP contribution in [-0.4, -0.2) is 25.9 Å². The Labute approximate surface area is 226 Å². The number of pyridine rings is 1. The van der Waals surface area contributed by atoms with E-state index in [0.717, 1.165) is 21.7 Å². The van der Waals surface area contributed by atoms with Crippen LogP contribution < -0.4 is 15.2 Å². The smallest absolute Gasteiger partial charge is 0.259 e. The third kappa shape index (κ3) is 5.43. The Morgan fingerprint density at radius 2 is 1.69 bits per heavy atom. The third-order valence-electron chi connectivity index (χ3n) is 6.39. The molecule has 194 valence electrons. The van der Waals surface area contributed by atoms with E-state index in [0.29, 0.717) is 35.4 Å². The minimum absolute atomic E-state index is 0.0982. The molecule has 0 spiro atoms. The van der Waals surface area contributed by atoms with Crippen molar-refractivity contribution in [3.05, 3.63) is 114 Å². The fourth-order valence-corrected chi connectivity index (χ4v) is 5.70. The maximum absolute atomic E-state index is 13.4. The number of carbonyl (C=O) groups excluding carboxylic acids is 1. The number of hydrogen-bond donors (Lipinski definition) is 2. The Morgan fingerprint density at radius 3 is 2.46 bits per heavy atom. The van der Waals surface area contributed by atoms with E-state index in [9.17, 15) is 13.2 Å². The van der Waals surface area contributed by atoms with Crippen LogP contribution in [0.15, 0.2) is 102 Å². The summed E-state index contributed by atoms with van der Waals surface area (Å²) in [5.41, 5.74) is 3.00. The normalized spacial score (nSPS) is 11.3. The summed E-state index contributed by atoms with van der Waals surface area (Å²) in [6.45, 7) is 2.54. The summed E-state index contributed by atoms with van der Waals surface area (Å²) < 4.78 is 26.7. The molecule has 9 heteroatoms. The molecule has 0 atom stereocenters. The lowest BCUT2D eigenvalue weighted by atomic mass is 10.0. The fourth-order valence-electron chi connectivity index (χ4n) is 4.40. The molecule has 0 radical (unpaired) electrons. The van der Waals surface area contributed by atoms with Crippen molar-refractivity contribution in [1.82, 2.24) is 15.1 Å². The molecule has 8 nitrogen and oxygen atoms in total. The molecule has 2 N–H and O–H groups in total. The van der Waals surface area contributed by atoms with E-state index in [-0.39, 0.29) is 10.8 Å². The molecule has 1 heterocycles. The highest BCUT2D eigenvalue weighted by Gasteiger charge is 2.22. The maximum Gasteiger partial charge on any atom is 0.259 e. The van der Waals surface area contributed by atoms with Gasteiger partial charge in [0.05, 0.1) is 22.8 Å². The van der Waals surface area contributed by atoms with Crippen LogP contribution in [0.5, 0.6) is 0 Å². The van der Waals surface area contributed by atoms with Crippen molar-refractivity contribution in [2.45, 2.75) is 18.4 Å². The topological polar surface area (TPSA) is 115 Å². The van der Waals surface area contributed by atoms with Crippen molar-refractivity contribution >= 4 is 43.3 Å². The Hall–Kier alpha value is -4.78. The third-order valence-corrected chi connectivity index (χ3v) is 7.76. The quantitative estimate of drug-likeness (QED) is 0.273. The van der Waals surface area contributed by atoms with Crippen molar-refractivity contribution in [3.63, 3.8) is 0 Å². The highest BCUT2D eigenvalue weighted by molar-refractivity contribution is 7.89. The number of nitriles is 1. The number of rotatable bonds is 8. The fraction of sp³-hybridized carbons (Fsp3) is 0.100. The van der Waals surface area contributed by atoms with Gasteiger partial charge >= 0.3 is 0 Å². The molecule has 4 aromatic carbocycles. The zero-order valence-corrected chi connectivity index (χ0v) is 21.9. The predicted molar refractivity (Wildman–Crippen MR) is 151 cm³/mol. The first kappa shape index (κ1) is 25.9.